The van der Waals surface area contributed by atoms with Crippen LogP contribution >= 0.6 is 0 Å². The van der Waals surface area contributed by atoms with Crippen molar-refractivity contribution in [2.24, 2.45) is 0 Å². The van der Waals surface area contributed by atoms with E-state index in [1.54, 1.807) is 13.1 Å². The normalized spacial score (nSPS) is 10.5. The number of aryl methyl sites for hydroxylation is 1. The maximum atomic E-state index is 13.5. The number of fused-ring (bicyclic) bond motifs is 1. The molecule has 0 saturated heterocycles. The lowest BCUT2D eigenvalue weighted by molar-refractivity contribution is -0.120. The molecule has 2 aromatic rings. The highest BCUT2D eigenvalue weighted by atomic mass is 19.1. The average Bonchev–Trinajstić information content (AvgIpc) is 2.36. The number of carbonyl (C=O) groups is 1. The molecule has 17 heavy (non-hydrogen) atoms. The number of hydrogen-bond donors (Lipinski definition) is 1. The summed E-state index contributed by atoms with van der Waals surface area (Å²) in [5, 5.41) is 3.31. The Balaban J connectivity index is 2.25. The molecular formula is C13H13FN2O. The van der Waals surface area contributed by atoms with Crippen LogP contribution in [0.25, 0.3) is 10.9 Å². The lowest BCUT2D eigenvalue weighted by Crippen LogP contribution is -2.18. The Morgan fingerprint density at radius 3 is 2.94 bits per heavy atom. The Kier molecular flexibility index (Phi) is 3.32. The first-order chi connectivity index (χ1) is 8.20. The van der Waals surface area contributed by atoms with Crippen LogP contribution in [0.5, 0.6) is 0 Å². The highest BCUT2D eigenvalue weighted by Crippen LogP contribution is 2.16. The summed E-state index contributed by atoms with van der Waals surface area (Å²) < 4.78 is 13.5. The van der Waals surface area contributed by atoms with E-state index in [2.05, 4.69) is 10.3 Å². The van der Waals surface area contributed by atoms with Crippen molar-refractivity contribution in [3.8, 4) is 0 Å². The van der Waals surface area contributed by atoms with E-state index in [0.717, 1.165) is 11.1 Å². The van der Waals surface area contributed by atoms with Gasteiger partial charge in [-0.15, -0.1) is 0 Å². The van der Waals surface area contributed by atoms with Gasteiger partial charge in [-0.1, -0.05) is 18.2 Å². The number of aromatic nitrogens is 1. The van der Waals surface area contributed by atoms with Crippen LogP contribution in [0.2, 0.25) is 0 Å². The molecule has 88 valence electrons. The quantitative estimate of drug-likeness (QED) is 0.880. The zero-order chi connectivity index (χ0) is 12.3. The Morgan fingerprint density at radius 1 is 1.35 bits per heavy atom. The maximum absolute atomic E-state index is 13.5. The van der Waals surface area contributed by atoms with Crippen LogP contribution in [0.15, 0.2) is 30.3 Å². The van der Waals surface area contributed by atoms with Crippen LogP contribution in [0.4, 0.5) is 4.39 Å². The molecule has 0 atom stereocenters. The number of rotatable bonds is 3. The second-order valence-electron chi connectivity index (χ2n) is 3.79. The van der Waals surface area contributed by atoms with Gasteiger partial charge in [0.1, 0.15) is 11.3 Å². The van der Waals surface area contributed by atoms with E-state index in [4.69, 9.17) is 0 Å². The van der Waals surface area contributed by atoms with Gasteiger partial charge in [0.25, 0.3) is 0 Å². The maximum Gasteiger partial charge on any atom is 0.220 e. The molecule has 4 heteroatoms. The van der Waals surface area contributed by atoms with Crippen molar-refractivity contribution >= 4 is 16.8 Å². The molecule has 1 aromatic carbocycles. The number of nitrogens with zero attached hydrogens (tertiary/aromatic N) is 1. The van der Waals surface area contributed by atoms with Crippen molar-refractivity contribution in [2.45, 2.75) is 12.8 Å². The topological polar surface area (TPSA) is 42.0 Å². The summed E-state index contributed by atoms with van der Waals surface area (Å²) >= 11 is 0. The molecule has 0 bridgehead atoms. The molecule has 0 radical (unpaired) electrons. The van der Waals surface area contributed by atoms with E-state index >= 15 is 0 Å². The summed E-state index contributed by atoms with van der Waals surface area (Å²) in [5.74, 6) is -0.371. The third-order valence-electron chi connectivity index (χ3n) is 2.62. The van der Waals surface area contributed by atoms with Gasteiger partial charge in [-0.3, -0.25) is 4.79 Å². The van der Waals surface area contributed by atoms with Gasteiger partial charge < -0.3 is 5.32 Å². The number of nitrogens with one attached hydrogen (secondary N) is 1. The van der Waals surface area contributed by atoms with Gasteiger partial charge in [-0.2, -0.15) is 0 Å². The van der Waals surface area contributed by atoms with Crippen molar-refractivity contribution < 1.29 is 9.18 Å². The van der Waals surface area contributed by atoms with Gasteiger partial charge in [0.05, 0.1) is 0 Å². The predicted molar refractivity (Wildman–Crippen MR) is 64.1 cm³/mol. The van der Waals surface area contributed by atoms with Crippen molar-refractivity contribution in [3.63, 3.8) is 0 Å². The SMILES string of the molecule is CNC(=O)CCc1ccc2cccc(F)c2n1. The first-order valence-electron chi connectivity index (χ1n) is 5.45. The van der Waals surface area contributed by atoms with Crippen molar-refractivity contribution in [1.29, 1.82) is 0 Å². The Morgan fingerprint density at radius 2 is 2.18 bits per heavy atom. The molecule has 0 unspecified atom stereocenters. The number of halogens is 1. The van der Waals surface area contributed by atoms with Crippen molar-refractivity contribution in [3.05, 3.63) is 41.8 Å². The van der Waals surface area contributed by atoms with Gasteiger partial charge in [0.2, 0.25) is 5.91 Å². The number of benzene rings is 1. The van der Waals surface area contributed by atoms with Gasteiger partial charge in [-0.25, -0.2) is 9.37 Å². The van der Waals surface area contributed by atoms with E-state index in [0.29, 0.717) is 18.4 Å². The van der Waals surface area contributed by atoms with Crippen LogP contribution in [0.1, 0.15) is 12.1 Å². The van der Waals surface area contributed by atoms with Crippen molar-refractivity contribution in [2.75, 3.05) is 7.05 Å². The minimum absolute atomic E-state index is 0.0413. The molecule has 3 nitrogen and oxygen atoms in total. The second kappa shape index (κ2) is 4.91. The van der Waals surface area contributed by atoms with Gasteiger partial charge >= 0.3 is 0 Å². The van der Waals surface area contributed by atoms with E-state index in [-0.39, 0.29) is 11.7 Å². The lowest BCUT2D eigenvalue weighted by Gasteiger charge is -2.03. The fraction of sp³-hybridized carbons (Fsp3) is 0.231. The molecular weight excluding hydrogens is 219 g/mol. The van der Waals surface area contributed by atoms with E-state index in [1.807, 2.05) is 18.2 Å². The monoisotopic (exact) mass is 232 g/mol. The Bertz CT molecular complexity index is 554. The summed E-state index contributed by atoms with van der Waals surface area (Å²) in [5.41, 5.74) is 1.09. The van der Waals surface area contributed by atoms with Crippen LogP contribution < -0.4 is 5.32 Å². The molecule has 1 aromatic heterocycles. The molecule has 1 amide bonds. The van der Waals surface area contributed by atoms with Crippen LogP contribution in [0.3, 0.4) is 0 Å². The summed E-state index contributed by atoms with van der Waals surface area (Å²) in [7, 11) is 1.59. The molecule has 0 spiro atoms. The molecule has 1 N–H and O–H groups in total. The molecule has 2 rings (SSSR count). The largest absolute Gasteiger partial charge is 0.359 e. The number of pyridine rings is 1. The second-order valence-corrected chi connectivity index (χ2v) is 3.79. The average molecular weight is 232 g/mol. The number of carbonyl (C=O) groups excluding carboxylic acids is 1. The lowest BCUT2D eigenvalue weighted by atomic mass is 10.1. The third-order valence-corrected chi connectivity index (χ3v) is 2.62. The molecule has 0 saturated carbocycles. The first-order valence-corrected chi connectivity index (χ1v) is 5.45. The highest BCUT2D eigenvalue weighted by molar-refractivity contribution is 5.79. The zero-order valence-electron chi connectivity index (χ0n) is 9.53. The fourth-order valence-corrected chi connectivity index (χ4v) is 1.66. The van der Waals surface area contributed by atoms with E-state index < -0.39 is 0 Å². The molecule has 1 heterocycles. The number of para-hydroxylation sites is 1. The van der Waals surface area contributed by atoms with E-state index in [1.165, 1.54) is 6.07 Å². The minimum Gasteiger partial charge on any atom is -0.359 e. The van der Waals surface area contributed by atoms with E-state index in [9.17, 15) is 9.18 Å². The zero-order valence-corrected chi connectivity index (χ0v) is 9.53. The molecule has 0 aliphatic carbocycles. The predicted octanol–water partition coefficient (Wildman–Crippen LogP) is 2.05. The van der Waals surface area contributed by atoms with Gasteiger partial charge in [0, 0.05) is 24.5 Å². The smallest absolute Gasteiger partial charge is 0.220 e. The number of hydrogen-bond acceptors (Lipinski definition) is 2. The van der Waals surface area contributed by atoms with Gasteiger partial charge in [-0.05, 0) is 18.6 Å². The Hall–Kier alpha value is -1.97. The standard InChI is InChI=1S/C13H13FN2O/c1-15-12(17)8-7-10-6-5-9-3-2-4-11(14)13(9)16-10/h2-6H,7-8H2,1H3,(H,15,17). The molecule has 0 aliphatic rings. The van der Waals surface area contributed by atoms with Crippen LogP contribution in [0, 0.1) is 5.82 Å². The Labute approximate surface area is 98.7 Å². The summed E-state index contributed by atoms with van der Waals surface area (Å²) in [4.78, 5) is 15.3. The van der Waals surface area contributed by atoms with Gasteiger partial charge in [0.15, 0.2) is 0 Å². The number of amides is 1. The summed E-state index contributed by atoms with van der Waals surface area (Å²) in [6, 6.07) is 8.50. The minimum atomic E-state index is -0.329. The fourth-order valence-electron chi connectivity index (χ4n) is 1.66. The molecule has 0 aliphatic heterocycles. The van der Waals surface area contributed by atoms with Crippen molar-refractivity contribution in [1.82, 2.24) is 10.3 Å². The van der Waals surface area contributed by atoms with Crippen LogP contribution in [-0.2, 0) is 11.2 Å². The molecule has 0 fully saturated rings. The summed E-state index contributed by atoms with van der Waals surface area (Å²) in [6.45, 7) is 0. The third kappa shape index (κ3) is 2.58. The highest BCUT2D eigenvalue weighted by Gasteiger charge is 2.05. The van der Waals surface area contributed by atoms with Crippen LogP contribution in [-0.4, -0.2) is 17.9 Å². The summed E-state index contributed by atoms with van der Waals surface area (Å²) in [6.07, 6.45) is 0.882. The first kappa shape index (κ1) is 11.5.